The number of Topliss-reactive ketones (excluding diaryl/α,β-unsaturated/α-hetero) is 3. The van der Waals surface area contributed by atoms with Crippen LogP contribution in [0, 0.1) is 11.8 Å². The minimum Gasteiger partial charge on any atom is -0.508 e. The number of esters is 1. The monoisotopic (exact) mass is 720 g/mol. The Bertz CT molecular complexity index is 1610. The van der Waals surface area contributed by atoms with Crippen molar-refractivity contribution in [1.82, 2.24) is 0 Å². The average Bonchev–Trinajstić information content (AvgIpc) is 3.04. The van der Waals surface area contributed by atoms with Crippen molar-refractivity contribution < 1.29 is 44.0 Å². The zero-order valence-electron chi connectivity index (χ0n) is 27.1. The van der Waals surface area contributed by atoms with Crippen LogP contribution >= 0.6 is 15.9 Å². The van der Waals surface area contributed by atoms with E-state index in [1.165, 1.54) is 43.3 Å². The molecule has 4 aliphatic carbocycles. The number of ether oxygens (including phenoxy) is 2. The lowest BCUT2D eigenvalue weighted by molar-refractivity contribution is -0.228. The van der Waals surface area contributed by atoms with Gasteiger partial charge in [0, 0.05) is 28.7 Å². The van der Waals surface area contributed by atoms with Crippen LogP contribution in [0.1, 0.15) is 83.4 Å². The number of alkyl halides is 1. The number of carbonyl (C=O) groups excluding carboxylic acids is 4. The summed E-state index contributed by atoms with van der Waals surface area (Å²) in [5, 5.41) is 27.4. The van der Waals surface area contributed by atoms with Gasteiger partial charge in [-0.05, 0) is 131 Å². The highest BCUT2D eigenvalue weighted by Gasteiger charge is 2.60. The van der Waals surface area contributed by atoms with Gasteiger partial charge < -0.3 is 24.8 Å². The largest absolute Gasteiger partial charge is 0.508 e. The maximum Gasteiger partial charge on any atom is 0.333 e. The Hall–Kier alpha value is -4.28. The van der Waals surface area contributed by atoms with Crippen molar-refractivity contribution in [3.8, 4) is 17.2 Å². The highest BCUT2D eigenvalue weighted by atomic mass is 79.9. The summed E-state index contributed by atoms with van der Waals surface area (Å²) in [4.78, 5) is 46.3. The van der Waals surface area contributed by atoms with Crippen LogP contribution in [0.4, 0.5) is 0 Å². The highest BCUT2D eigenvalue weighted by Crippen LogP contribution is 2.60. The van der Waals surface area contributed by atoms with Crippen LogP contribution in [0.5, 0.6) is 17.2 Å². The standard InChI is InChI=1S/C22H26O5.C8H7BrO2.C8H8O2/c1-14(2)20(25)27-22-10-15-7-16(11-22)9-21(8-15,13-22)26-12-19(24)17-3-5-18(23)6-4-17;9-5-8(11)6-1-3-7(10)4-2-6;1-6(9)7-2-4-8(10)5-3-7/h3-6,15-16,23H,1,7-13H2,2H3;1-4,10H,5H2;2-5,10H,1H3. The van der Waals surface area contributed by atoms with Gasteiger partial charge in [-0.1, -0.05) is 22.5 Å². The van der Waals surface area contributed by atoms with Crippen molar-refractivity contribution in [2.24, 2.45) is 11.8 Å². The van der Waals surface area contributed by atoms with Crippen molar-refractivity contribution in [1.29, 1.82) is 0 Å². The Morgan fingerprint density at radius 3 is 1.54 bits per heavy atom. The molecular formula is C38H41BrO9. The lowest BCUT2D eigenvalue weighted by Gasteiger charge is -2.60. The van der Waals surface area contributed by atoms with Gasteiger partial charge in [-0.2, -0.15) is 0 Å². The van der Waals surface area contributed by atoms with E-state index >= 15 is 0 Å². The summed E-state index contributed by atoms with van der Waals surface area (Å²) in [6.45, 7) is 6.87. The number of benzene rings is 3. The number of phenolic OH excluding ortho intramolecular Hbond substituents is 3. The molecule has 3 aromatic rings. The van der Waals surface area contributed by atoms with E-state index in [1.807, 2.05) is 0 Å². The summed E-state index contributed by atoms with van der Waals surface area (Å²) in [6, 6.07) is 18.6. The highest BCUT2D eigenvalue weighted by molar-refractivity contribution is 9.09. The molecule has 254 valence electrons. The molecule has 4 saturated carbocycles. The molecule has 2 unspecified atom stereocenters. The van der Waals surface area contributed by atoms with E-state index < -0.39 is 5.60 Å². The zero-order valence-corrected chi connectivity index (χ0v) is 28.7. The second kappa shape index (κ2) is 15.7. The Balaban J connectivity index is 0.000000203. The van der Waals surface area contributed by atoms with E-state index in [9.17, 15) is 24.3 Å². The minimum absolute atomic E-state index is 0.00866. The maximum atomic E-state index is 12.5. The van der Waals surface area contributed by atoms with E-state index in [0.717, 1.165) is 32.1 Å². The first-order valence-electron chi connectivity index (χ1n) is 15.8. The number of hydrogen-bond acceptors (Lipinski definition) is 9. The van der Waals surface area contributed by atoms with E-state index in [0.29, 0.717) is 45.9 Å². The van der Waals surface area contributed by atoms with Gasteiger partial charge in [0.1, 0.15) is 29.5 Å². The molecular weight excluding hydrogens is 680 g/mol. The fraction of sp³-hybridized carbons (Fsp3) is 0.368. The van der Waals surface area contributed by atoms with Gasteiger partial charge in [0.2, 0.25) is 0 Å². The molecule has 4 aliphatic rings. The fourth-order valence-electron chi connectivity index (χ4n) is 7.04. The van der Waals surface area contributed by atoms with E-state index in [4.69, 9.17) is 19.7 Å². The first kappa shape index (κ1) is 36.6. The molecule has 0 radical (unpaired) electrons. The van der Waals surface area contributed by atoms with Gasteiger partial charge in [0.05, 0.1) is 10.9 Å². The number of rotatable bonds is 9. The summed E-state index contributed by atoms with van der Waals surface area (Å²) in [7, 11) is 0. The Labute approximate surface area is 288 Å². The van der Waals surface area contributed by atoms with Gasteiger partial charge in [0.25, 0.3) is 0 Å². The van der Waals surface area contributed by atoms with Crippen molar-refractivity contribution in [2.45, 2.75) is 63.6 Å². The second-order valence-electron chi connectivity index (χ2n) is 13.0. The Morgan fingerprint density at radius 2 is 1.12 bits per heavy atom. The van der Waals surface area contributed by atoms with Crippen LogP contribution in [0.25, 0.3) is 0 Å². The number of ketones is 3. The number of phenols is 3. The van der Waals surface area contributed by atoms with Gasteiger partial charge in [-0.25, -0.2) is 4.79 Å². The summed E-state index contributed by atoms with van der Waals surface area (Å²) < 4.78 is 12.1. The van der Waals surface area contributed by atoms with Gasteiger partial charge in [0.15, 0.2) is 17.3 Å². The third-order valence-corrected chi connectivity index (χ3v) is 9.40. The number of halogens is 1. The molecule has 9 nitrogen and oxygen atoms in total. The van der Waals surface area contributed by atoms with Crippen molar-refractivity contribution in [2.75, 3.05) is 11.9 Å². The predicted molar refractivity (Wildman–Crippen MR) is 184 cm³/mol. The van der Waals surface area contributed by atoms with Gasteiger partial charge in [-0.15, -0.1) is 0 Å². The van der Waals surface area contributed by atoms with Crippen LogP contribution < -0.4 is 0 Å². The Kier molecular flexibility index (Phi) is 12.0. The average molecular weight is 722 g/mol. The summed E-state index contributed by atoms with van der Waals surface area (Å²) in [5.74, 6) is 1.06. The van der Waals surface area contributed by atoms with Crippen molar-refractivity contribution >= 4 is 39.2 Å². The molecule has 7 rings (SSSR count). The van der Waals surface area contributed by atoms with Crippen LogP contribution in [-0.4, -0.2) is 61.8 Å². The summed E-state index contributed by atoms with van der Waals surface area (Å²) in [6.07, 6.45) is 5.45. The Morgan fingerprint density at radius 1 is 0.708 bits per heavy atom. The SMILES string of the molecule is C=C(C)C(=O)OC12CC3CC(CC(OCC(=O)c4ccc(O)cc4)(C3)C1)C2.CC(=O)c1ccc(O)cc1.O=C(CBr)c1ccc(O)cc1. The molecule has 0 heterocycles. The molecule has 3 N–H and O–H groups in total. The molecule has 2 atom stereocenters. The molecule has 0 aromatic heterocycles. The van der Waals surface area contributed by atoms with Crippen LogP contribution in [0.3, 0.4) is 0 Å². The topological polar surface area (TPSA) is 147 Å². The smallest absolute Gasteiger partial charge is 0.333 e. The normalized spacial score (nSPS) is 23.1. The van der Waals surface area contributed by atoms with E-state index in [1.54, 1.807) is 43.3 Å². The van der Waals surface area contributed by atoms with Crippen LogP contribution in [-0.2, 0) is 14.3 Å². The first-order valence-corrected chi connectivity index (χ1v) is 16.9. The lowest BCUT2D eigenvalue weighted by Crippen LogP contribution is -2.61. The quantitative estimate of drug-likeness (QED) is 0.0892. The molecule has 0 spiro atoms. The molecule has 4 bridgehead atoms. The maximum absolute atomic E-state index is 12.5. The summed E-state index contributed by atoms with van der Waals surface area (Å²) >= 11 is 3.06. The van der Waals surface area contributed by atoms with Crippen molar-refractivity contribution in [3.63, 3.8) is 0 Å². The molecule has 48 heavy (non-hydrogen) atoms. The number of carbonyl (C=O) groups is 4. The van der Waals surface area contributed by atoms with Gasteiger partial charge >= 0.3 is 5.97 Å². The summed E-state index contributed by atoms with van der Waals surface area (Å²) in [5.41, 5.74) is 1.33. The number of aromatic hydroxyl groups is 3. The molecule has 10 heteroatoms. The molecule has 0 amide bonds. The second-order valence-corrected chi connectivity index (χ2v) is 13.5. The van der Waals surface area contributed by atoms with Crippen molar-refractivity contribution in [3.05, 3.63) is 102 Å². The third-order valence-electron chi connectivity index (χ3n) is 8.89. The minimum atomic E-state index is -0.471. The third kappa shape index (κ3) is 9.64. The molecule has 3 aromatic carbocycles. The van der Waals surface area contributed by atoms with E-state index in [-0.39, 0.29) is 52.8 Å². The molecule has 4 fully saturated rings. The first-order chi connectivity index (χ1) is 22.7. The predicted octanol–water partition coefficient (Wildman–Crippen LogP) is 7.37. The zero-order chi connectivity index (χ0) is 35.1. The number of hydrogen-bond donors (Lipinski definition) is 3. The van der Waals surface area contributed by atoms with Crippen LogP contribution in [0.15, 0.2) is 84.9 Å². The molecule has 0 aliphatic heterocycles. The van der Waals surface area contributed by atoms with E-state index in [2.05, 4.69) is 22.5 Å². The van der Waals surface area contributed by atoms with Crippen LogP contribution in [0.2, 0.25) is 0 Å². The lowest BCUT2D eigenvalue weighted by atomic mass is 9.52. The molecule has 0 saturated heterocycles. The van der Waals surface area contributed by atoms with Gasteiger partial charge in [-0.3, -0.25) is 14.4 Å². The fourth-order valence-corrected chi connectivity index (χ4v) is 7.36.